The lowest BCUT2D eigenvalue weighted by Crippen LogP contribution is -2.18. The Bertz CT molecular complexity index is 995. The predicted octanol–water partition coefficient (Wildman–Crippen LogP) is 6.05. The molecule has 0 N–H and O–H groups in total. The zero-order valence-electron chi connectivity index (χ0n) is 14.8. The first-order valence-corrected chi connectivity index (χ1v) is 8.56. The molecule has 0 unspecified atom stereocenters. The number of alkyl halides is 3. The van der Waals surface area contributed by atoms with E-state index in [9.17, 15) is 22.4 Å². The van der Waals surface area contributed by atoms with E-state index in [1.807, 2.05) is 12.1 Å². The molecule has 0 aliphatic carbocycles. The standard InChI is InChI=1S/C21H16F4O3/c1-2-3-13-4-6-14(7-5-13)20(26)27-16-9-10-17-15(12-16)8-11-18(19(17)22)28-21(23,24)25/h4-12H,2-3H2,1H3. The molecule has 0 atom stereocenters. The minimum atomic E-state index is -4.99. The zero-order chi connectivity index (χ0) is 20.3. The van der Waals surface area contributed by atoms with Crippen LogP contribution in [0.5, 0.6) is 11.5 Å². The van der Waals surface area contributed by atoms with E-state index in [0.717, 1.165) is 24.5 Å². The summed E-state index contributed by atoms with van der Waals surface area (Å²) < 4.78 is 60.1. The molecule has 0 spiro atoms. The topological polar surface area (TPSA) is 35.5 Å². The molecule has 146 valence electrons. The van der Waals surface area contributed by atoms with Gasteiger partial charge in [0.05, 0.1) is 5.56 Å². The Balaban J connectivity index is 1.80. The molecule has 3 nitrogen and oxygen atoms in total. The smallest absolute Gasteiger partial charge is 0.423 e. The van der Waals surface area contributed by atoms with E-state index in [1.165, 1.54) is 24.3 Å². The minimum Gasteiger partial charge on any atom is -0.423 e. The molecule has 0 heterocycles. The molecule has 0 fully saturated rings. The summed E-state index contributed by atoms with van der Waals surface area (Å²) in [7, 11) is 0. The number of ether oxygens (including phenoxy) is 2. The van der Waals surface area contributed by atoms with Gasteiger partial charge in [0.2, 0.25) is 0 Å². The van der Waals surface area contributed by atoms with Crippen molar-refractivity contribution in [3.8, 4) is 11.5 Å². The van der Waals surface area contributed by atoms with Crippen LogP contribution in [0.4, 0.5) is 17.6 Å². The SMILES string of the molecule is CCCc1ccc(C(=O)Oc2ccc3c(F)c(OC(F)(F)F)ccc3c2)cc1. The highest BCUT2D eigenvalue weighted by molar-refractivity contribution is 5.92. The Kier molecular flexibility index (Phi) is 5.53. The zero-order valence-corrected chi connectivity index (χ0v) is 14.8. The average Bonchev–Trinajstić information content (AvgIpc) is 2.64. The summed E-state index contributed by atoms with van der Waals surface area (Å²) in [6.45, 7) is 2.06. The lowest BCUT2D eigenvalue weighted by Gasteiger charge is -2.12. The summed E-state index contributed by atoms with van der Waals surface area (Å²) in [6.07, 6.45) is -3.09. The molecule has 3 rings (SSSR count). The Hall–Kier alpha value is -3.09. The third-order valence-electron chi connectivity index (χ3n) is 4.05. The van der Waals surface area contributed by atoms with Crippen molar-refractivity contribution in [3.63, 3.8) is 0 Å². The highest BCUT2D eigenvalue weighted by Crippen LogP contribution is 2.32. The second-order valence-electron chi connectivity index (χ2n) is 6.14. The van der Waals surface area contributed by atoms with Crippen molar-refractivity contribution < 1.29 is 31.8 Å². The molecule has 0 bridgehead atoms. The van der Waals surface area contributed by atoms with Crippen molar-refractivity contribution >= 4 is 16.7 Å². The number of halogens is 4. The van der Waals surface area contributed by atoms with E-state index in [2.05, 4.69) is 11.7 Å². The Morgan fingerprint density at radius 3 is 2.36 bits per heavy atom. The number of hydrogen-bond acceptors (Lipinski definition) is 3. The number of esters is 1. The summed E-state index contributed by atoms with van der Waals surface area (Å²) >= 11 is 0. The monoisotopic (exact) mass is 392 g/mol. The van der Waals surface area contributed by atoms with Gasteiger partial charge in [0.25, 0.3) is 0 Å². The molecular weight excluding hydrogens is 376 g/mol. The summed E-state index contributed by atoms with van der Waals surface area (Å²) in [5.74, 6) is -2.49. The van der Waals surface area contributed by atoms with E-state index >= 15 is 0 Å². The Morgan fingerprint density at radius 2 is 1.71 bits per heavy atom. The molecule has 0 saturated heterocycles. The van der Waals surface area contributed by atoms with Crippen LogP contribution in [-0.2, 0) is 6.42 Å². The van der Waals surface area contributed by atoms with E-state index in [0.29, 0.717) is 5.56 Å². The fourth-order valence-corrected chi connectivity index (χ4v) is 2.78. The van der Waals surface area contributed by atoms with Crippen LogP contribution in [0.25, 0.3) is 10.8 Å². The van der Waals surface area contributed by atoms with E-state index in [-0.39, 0.29) is 16.5 Å². The predicted molar refractivity (Wildman–Crippen MR) is 96.0 cm³/mol. The van der Waals surface area contributed by atoms with Crippen LogP contribution in [-0.4, -0.2) is 12.3 Å². The van der Waals surface area contributed by atoms with Gasteiger partial charge in [-0.3, -0.25) is 0 Å². The minimum absolute atomic E-state index is 0.0783. The largest absolute Gasteiger partial charge is 0.573 e. The van der Waals surface area contributed by atoms with E-state index < -0.39 is 23.9 Å². The van der Waals surface area contributed by atoms with Crippen molar-refractivity contribution in [3.05, 3.63) is 71.5 Å². The molecule has 0 saturated carbocycles. The van der Waals surface area contributed by atoms with Crippen molar-refractivity contribution in [2.75, 3.05) is 0 Å². The van der Waals surface area contributed by atoms with E-state index in [1.54, 1.807) is 12.1 Å². The van der Waals surface area contributed by atoms with Crippen molar-refractivity contribution in [1.29, 1.82) is 0 Å². The Morgan fingerprint density at radius 1 is 1.00 bits per heavy atom. The normalized spacial score (nSPS) is 11.5. The van der Waals surface area contributed by atoms with Gasteiger partial charge in [-0.15, -0.1) is 13.2 Å². The van der Waals surface area contributed by atoms with Crippen molar-refractivity contribution in [2.45, 2.75) is 26.1 Å². The van der Waals surface area contributed by atoms with Crippen molar-refractivity contribution in [1.82, 2.24) is 0 Å². The maximum absolute atomic E-state index is 14.2. The molecule has 0 aliphatic rings. The summed E-state index contributed by atoms with van der Waals surface area (Å²) in [5, 5.41) is 0.195. The molecule has 3 aromatic rings. The molecule has 0 aromatic heterocycles. The highest BCUT2D eigenvalue weighted by atomic mass is 19.4. The lowest BCUT2D eigenvalue weighted by atomic mass is 10.1. The van der Waals surface area contributed by atoms with Gasteiger partial charge >= 0.3 is 12.3 Å². The molecule has 0 amide bonds. The molecule has 7 heteroatoms. The van der Waals surface area contributed by atoms with Gasteiger partial charge in [-0.25, -0.2) is 9.18 Å². The molecule has 28 heavy (non-hydrogen) atoms. The number of fused-ring (bicyclic) bond motifs is 1. The number of aryl methyl sites for hydroxylation is 1. The maximum atomic E-state index is 14.2. The highest BCUT2D eigenvalue weighted by Gasteiger charge is 2.32. The first-order valence-electron chi connectivity index (χ1n) is 8.56. The molecule has 3 aromatic carbocycles. The summed E-state index contributed by atoms with van der Waals surface area (Å²) in [6, 6.07) is 13.1. The van der Waals surface area contributed by atoms with Crippen LogP contribution in [0.2, 0.25) is 0 Å². The number of hydrogen-bond donors (Lipinski definition) is 0. The van der Waals surface area contributed by atoms with Gasteiger partial charge in [-0.05, 0) is 53.8 Å². The number of rotatable bonds is 5. The number of benzene rings is 3. The first-order chi connectivity index (χ1) is 13.3. The van der Waals surface area contributed by atoms with E-state index in [4.69, 9.17) is 4.74 Å². The van der Waals surface area contributed by atoms with Crippen LogP contribution < -0.4 is 9.47 Å². The summed E-state index contributed by atoms with van der Waals surface area (Å²) in [4.78, 5) is 12.3. The van der Waals surface area contributed by atoms with Gasteiger partial charge in [-0.2, -0.15) is 0 Å². The third-order valence-corrected chi connectivity index (χ3v) is 4.05. The third kappa shape index (κ3) is 4.60. The fraction of sp³-hybridized carbons (Fsp3) is 0.190. The van der Waals surface area contributed by atoms with Crippen LogP contribution in [0.15, 0.2) is 54.6 Å². The molecule has 0 radical (unpaired) electrons. The van der Waals surface area contributed by atoms with Gasteiger partial charge in [-0.1, -0.05) is 31.5 Å². The fourth-order valence-electron chi connectivity index (χ4n) is 2.78. The lowest BCUT2D eigenvalue weighted by molar-refractivity contribution is -0.275. The first kappa shape index (κ1) is 19.7. The van der Waals surface area contributed by atoms with Crippen LogP contribution in [0.3, 0.4) is 0 Å². The van der Waals surface area contributed by atoms with Crippen LogP contribution in [0, 0.1) is 5.82 Å². The van der Waals surface area contributed by atoms with Crippen LogP contribution >= 0.6 is 0 Å². The number of carbonyl (C=O) groups excluding carboxylic acids is 1. The van der Waals surface area contributed by atoms with Crippen LogP contribution in [0.1, 0.15) is 29.3 Å². The Labute approximate surface area is 158 Å². The average molecular weight is 392 g/mol. The quantitative estimate of drug-likeness (QED) is 0.301. The van der Waals surface area contributed by atoms with Gasteiger partial charge < -0.3 is 9.47 Å². The van der Waals surface area contributed by atoms with Gasteiger partial charge in [0.15, 0.2) is 11.6 Å². The van der Waals surface area contributed by atoms with Gasteiger partial charge in [0, 0.05) is 5.39 Å². The second-order valence-corrected chi connectivity index (χ2v) is 6.14. The second kappa shape index (κ2) is 7.88. The van der Waals surface area contributed by atoms with Gasteiger partial charge in [0.1, 0.15) is 5.75 Å². The summed E-state index contributed by atoms with van der Waals surface area (Å²) in [5.41, 5.74) is 1.47. The molecular formula is C21H16F4O3. The molecule has 0 aliphatic heterocycles. The number of carbonyl (C=O) groups is 1. The van der Waals surface area contributed by atoms with Crippen molar-refractivity contribution in [2.24, 2.45) is 0 Å². The maximum Gasteiger partial charge on any atom is 0.573 e.